The minimum Gasteiger partial charge on any atom is -0.392 e. The van der Waals surface area contributed by atoms with E-state index in [1.54, 1.807) is 0 Å². The number of aromatic nitrogens is 2. The number of aliphatic hydroxyl groups excluding tert-OH is 1. The molecule has 3 nitrogen and oxygen atoms in total. The highest BCUT2D eigenvalue weighted by molar-refractivity contribution is 5.23. The van der Waals surface area contributed by atoms with Gasteiger partial charge in [-0.15, -0.1) is 0 Å². The zero-order chi connectivity index (χ0) is 10.0. The second-order valence-electron chi connectivity index (χ2n) is 3.51. The molecule has 3 heteroatoms. The number of aryl methyl sites for hydroxylation is 1. The van der Waals surface area contributed by atoms with Gasteiger partial charge in [0.15, 0.2) is 0 Å². The van der Waals surface area contributed by atoms with Gasteiger partial charge < -0.3 is 5.11 Å². The Labute approximate surface area is 79.4 Å². The van der Waals surface area contributed by atoms with Gasteiger partial charge in [-0.2, -0.15) is 5.10 Å². The van der Waals surface area contributed by atoms with E-state index in [-0.39, 0.29) is 6.61 Å². The standard InChI is InChI=1S/C10H18N2O/c1-5-7(2)12-9(4)10(6-13)8(3)11-12/h7,13H,5-6H2,1-4H3. The van der Waals surface area contributed by atoms with Crippen molar-refractivity contribution < 1.29 is 5.11 Å². The Hall–Kier alpha value is -0.830. The molecule has 0 aromatic carbocycles. The fraction of sp³-hybridized carbons (Fsp3) is 0.700. The molecule has 0 aliphatic carbocycles. The molecular weight excluding hydrogens is 164 g/mol. The van der Waals surface area contributed by atoms with Gasteiger partial charge in [-0.3, -0.25) is 4.68 Å². The van der Waals surface area contributed by atoms with Gasteiger partial charge in [-0.1, -0.05) is 6.92 Å². The minimum absolute atomic E-state index is 0.0914. The van der Waals surface area contributed by atoms with Gasteiger partial charge in [0.1, 0.15) is 0 Å². The maximum absolute atomic E-state index is 9.11. The first kappa shape index (κ1) is 10.3. The van der Waals surface area contributed by atoms with Gasteiger partial charge >= 0.3 is 0 Å². The Kier molecular flexibility index (Phi) is 3.09. The molecule has 0 radical (unpaired) electrons. The number of hydrogen-bond donors (Lipinski definition) is 1. The van der Waals surface area contributed by atoms with Crippen molar-refractivity contribution in [1.82, 2.24) is 9.78 Å². The molecule has 1 heterocycles. The van der Waals surface area contributed by atoms with Crippen molar-refractivity contribution >= 4 is 0 Å². The smallest absolute Gasteiger partial charge is 0.0718 e. The molecule has 1 unspecified atom stereocenters. The molecule has 1 aromatic heterocycles. The van der Waals surface area contributed by atoms with E-state index in [2.05, 4.69) is 18.9 Å². The van der Waals surface area contributed by atoms with Crippen LogP contribution in [0.4, 0.5) is 0 Å². The molecule has 0 fully saturated rings. The maximum atomic E-state index is 9.11. The zero-order valence-corrected chi connectivity index (χ0v) is 8.83. The lowest BCUT2D eigenvalue weighted by molar-refractivity contribution is 0.280. The molecule has 0 saturated carbocycles. The van der Waals surface area contributed by atoms with Crippen LogP contribution in [-0.4, -0.2) is 14.9 Å². The van der Waals surface area contributed by atoms with Crippen LogP contribution in [0.3, 0.4) is 0 Å². The van der Waals surface area contributed by atoms with E-state index < -0.39 is 0 Å². The maximum Gasteiger partial charge on any atom is 0.0718 e. The van der Waals surface area contributed by atoms with Crippen molar-refractivity contribution in [3.05, 3.63) is 17.0 Å². The van der Waals surface area contributed by atoms with Gasteiger partial charge in [0.25, 0.3) is 0 Å². The van der Waals surface area contributed by atoms with E-state index in [1.807, 2.05) is 18.5 Å². The van der Waals surface area contributed by atoms with Gasteiger partial charge in [0.2, 0.25) is 0 Å². The van der Waals surface area contributed by atoms with Crippen LogP contribution in [0.15, 0.2) is 0 Å². The van der Waals surface area contributed by atoms with Crippen LogP contribution in [-0.2, 0) is 6.61 Å². The molecule has 0 aliphatic heterocycles. The molecule has 1 aromatic rings. The molecule has 0 amide bonds. The summed E-state index contributed by atoms with van der Waals surface area (Å²) in [7, 11) is 0. The fourth-order valence-electron chi connectivity index (χ4n) is 1.53. The van der Waals surface area contributed by atoms with Crippen LogP contribution in [0.5, 0.6) is 0 Å². The van der Waals surface area contributed by atoms with Crippen molar-refractivity contribution in [2.75, 3.05) is 0 Å². The SMILES string of the molecule is CCC(C)n1nc(C)c(CO)c1C. The summed E-state index contributed by atoms with van der Waals surface area (Å²) in [6.07, 6.45) is 1.06. The number of hydrogen-bond acceptors (Lipinski definition) is 2. The summed E-state index contributed by atoms with van der Waals surface area (Å²) in [5.41, 5.74) is 3.01. The molecule has 1 N–H and O–H groups in total. The Morgan fingerprint density at radius 2 is 2.08 bits per heavy atom. The zero-order valence-electron chi connectivity index (χ0n) is 8.83. The lowest BCUT2D eigenvalue weighted by Crippen LogP contribution is -2.07. The van der Waals surface area contributed by atoms with E-state index in [0.29, 0.717) is 6.04 Å². The molecule has 0 aliphatic rings. The van der Waals surface area contributed by atoms with Crippen LogP contribution in [0.25, 0.3) is 0 Å². The fourth-order valence-corrected chi connectivity index (χ4v) is 1.53. The highest BCUT2D eigenvalue weighted by Gasteiger charge is 2.13. The highest BCUT2D eigenvalue weighted by atomic mass is 16.3. The predicted molar refractivity (Wildman–Crippen MR) is 52.6 cm³/mol. The molecule has 74 valence electrons. The first-order chi connectivity index (χ1) is 6.11. The van der Waals surface area contributed by atoms with Crippen molar-refractivity contribution in [2.24, 2.45) is 0 Å². The molecule has 13 heavy (non-hydrogen) atoms. The highest BCUT2D eigenvalue weighted by Crippen LogP contribution is 2.18. The quantitative estimate of drug-likeness (QED) is 0.776. The second kappa shape index (κ2) is 3.92. The average molecular weight is 182 g/mol. The van der Waals surface area contributed by atoms with Gasteiger partial charge in [0, 0.05) is 17.3 Å². The van der Waals surface area contributed by atoms with Crippen molar-refractivity contribution in [1.29, 1.82) is 0 Å². The normalized spacial score (nSPS) is 13.3. The summed E-state index contributed by atoms with van der Waals surface area (Å²) >= 11 is 0. The molecule has 1 rings (SSSR count). The van der Waals surface area contributed by atoms with Crippen LogP contribution in [0.2, 0.25) is 0 Å². The monoisotopic (exact) mass is 182 g/mol. The van der Waals surface area contributed by atoms with Crippen molar-refractivity contribution in [3.63, 3.8) is 0 Å². The second-order valence-corrected chi connectivity index (χ2v) is 3.51. The Bertz CT molecular complexity index is 291. The van der Waals surface area contributed by atoms with Crippen molar-refractivity contribution in [3.8, 4) is 0 Å². The van der Waals surface area contributed by atoms with E-state index in [9.17, 15) is 0 Å². The predicted octanol–water partition coefficient (Wildman–Crippen LogP) is 1.96. The summed E-state index contributed by atoms with van der Waals surface area (Å²) < 4.78 is 2.00. The summed E-state index contributed by atoms with van der Waals surface area (Å²) in [4.78, 5) is 0. The number of nitrogens with zero attached hydrogens (tertiary/aromatic N) is 2. The topological polar surface area (TPSA) is 38.0 Å². The van der Waals surface area contributed by atoms with Gasteiger partial charge in [-0.25, -0.2) is 0 Å². The average Bonchev–Trinajstić information content (AvgIpc) is 2.40. The van der Waals surface area contributed by atoms with Gasteiger partial charge in [-0.05, 0) is 27.2 Å². The van der Waals surface area contributed by atoms with E-state index in [0.717, 1.165) is 23.4 Å². The molecule has 0 bridgehead atoms. The lowest BCUT2D eigenvalue weighted by atomic mass is 10.2. The van der Waals surface area contributed by atoms with Crippen LogP contribution >= 0.6 is 0 Å². The summed E-state index contributed by atoms with van der Waals surface area (Å²) in [6.45, 7) is 8.32. The lowest BCUT2D eigenvalue weighted by Gasteiger charge is -2.11. The first-order valence-electron chi connectivity index (χ1n) is 4.77. The molecule has 0 spiro atoms. The first-order valence-corrected chi connectivity index (χ1v) is 4.77. The van der Waals surface area contributed by atoms with Crippen molar-refractivity contribution in [2.45, 2.75) is 46.8 Å². The van der Waals surface area contributed by atoms with E-state index >= 15 is 0 Å². The third-order valence-electron chi connectivity index (χ3n) is 2.64. The van der Waals surface area contributed by atoms with E-state index in [1.165, 1.54) is 0 Å². The van der Waals surface area contributed by atoms with Crippen LogP contribution in [0, 0.1) is 13.8 Å². The summed E-state index contributed by atoms with van der Waals surface area (Å²) in [5, 5.41) is 13.5. The Balaban J connectivity index is 3.10. The number of aliphatic hydroxyl groups is 1. The van der Waals surface area contributed by atoms with Crippen LogP contribution in [0.1, 0.15) is 43.3 Å². The summed E-state index contributed by atoms with van der Waals surface area (Å²) in [6, 6.07) is 0.416. The van der Waals surface area contributed by atoms with E-state index in [4.69, 9.17) is 5.11 Å². The third kappa shape index (κ3) is 1.75. The summed E-state index contributed by atoms with van der Waals surface area (Å²) in [5.74, 6) is 0. The Morgan fingerprint density at radius 3 is 2.46 bits per heavy atom. The minimum atomic E-state index is 0.0914. The van der Waals surface area contributed by atoms with Crippen LogP contribution < -0.4 is 0 Å². The molecule has 1 atom stereocenters. The Morgan fingerprint density at radius 1 is 1.46 bits per heavy atom. The number of rotatable bonds is 3. The largest absolute Gasteiger partial charge is 0.392 e. The van der Waals surface area contributed by atoms with Gasteiger partial charge in [0.05, 0.1) is 12.3 Å². The molecule has 0 saturated heterocycles. The molecular formula is C10H18N2O. The third-order valence-corrected chi connectivity index (χ3v) is 2.64.